The Labute approximate surface area is 140 Å². The summed E-state index contributed by atoms with van der Waals surface area (Å²) in [5, 5.41) is 12.7. The Bertz CT molecular complexity index is 686. The first-order valence-electron chi connectivity index (χ1n) is 7.62. The Morgan fingerprint density at radius 2 is 1.62 bits per heavy atom. The molecule has 0 aliphatic carbocycles. The van der Waals surface area contributed by atoms with E-state index in [-0.39, 0.29) is 12.3 Å². The van der Waals surface area contributed by atoms with Gasteiger partial charge in [0.05, 0.1) is 6.04 Å². The summed E-state index contributed by atoms with van der Waals surface area (Å²) in [5.74, 6) is -1.27. The van der Waals surface area contributed by atoms with Gasteiger partial charge in [-0.15, -0.1) is 0 Å². The smallest absolute Gasteiger partial charge is 0.251 e. The molecule has 2 amide bonds. The van der Waals surface area contributed by atoms with Crippen molar-refractivity contribution in [2.45, 2.75) is 25.1 Å². The number of carbonyl (C=O) groups excluding carboxylic acids is 2. The molecular weight excluding hydrogens is 306 g/mol. The third-order valence-corrected chi connectivity index (χ3v) is 3.74. The van der Waals surface area contributed by atoms with Crippen LogP contribution in [-0.4, -0.2) is 29.1 Å². The van der Waals surface area contributed by atoms with Crippen molar-refractivity contribution in [2.75, 3.05) is 0 Å². The topological polar surface area (TPSA) is 118 Å². The normalized spacial score (nSPS) is 13.1. The molecule has 24 heavy (non-hydrogen) atoms. The summed E-state index contributed by atoms with van der Waals surface area (Å²) in [6.07, 6.45) is -1.19. The van der Waals surface area contributed by atoms with Gasteiger partial charge in [0.1, 0.15) is 0 Å². The quantitative estimate of drug-likeness (QED) is 0.586. The number of nitrogens with one attached hydrogen (secondary N) is 1. The number of benzene rings is 2. The van der Waals surface area contributed by atoms with Crippen LogP contribution in [0.2, 0.25) is 0 Å². The second-order valence-corrected chi connectivity index (χ2v) is 5.52. The van der Waals surface area contributed by atoms with Crippen LogP contribution >= 0.6 is 0 Å². The fourth-order valence-electron chi connectivity index (χ4n) is 2.35. The molecule has 0 aliphatic heterocycles. The van der Waals surface area contributed by atoms with Gasteiger partial charge in [-0.1, -0.05) is 42.5 Å². The summed E-state index contributed by atoms with van der Waals surface area (Å²) in [6, 6.07) is 15.2. The Balaban J connectivity index is 2.14. The Hall–Kier alpha value is -2.70. The van der Waals surface area contributed by atoms with E-state index in [9.17, 15) is 14.7 Å². The largest absolute Gasteiger partial charge is 0.381 e. The fourth-order valence-corrected chi connectivity index (χ4v) is 2.35. The van der Waals surface area contributed by atoms with Gasteiger partial charge in [0.25, 0.3) is 5.91 Å². The van der Waals surface area contributed by atoms with Gasteiger partial charge in [-0.3, -0.25) is 9.59 Å². The van der Waals surface area contributed by atoms with E-state index in [1.165, 1.54) is 0 Å². The number of aliphatic hydroxyl groups excluding tert-OH is 1. The number of amides is 2. The minimum atomic E-state index is -1.47. The Morgan fingerprint density at radius 3 is 2.17 bits per heavy atom. The summed E-state index contributed by atoms with van der Waals surface area (Å²) >= 11 is 0. The van der Waals surface area contributed by atoms with E-state index >= 15 is 0 Å². The zero-order valence-electron chi connectivity index (χ0n) is 13.2. The average Bonchev–Trinajstić information content (AvgIpc) is 2.61. The van der Waals surface area contributed by atoms with Crippen molar-refractivity contribution in [2.24, 2.45) is 11.5 Å². The van der Waals surface area contributed by atoms with Gasteiger partial charge < -0.3 is 21.9 Å². The van der Waals surface area contributed by atoms with Crippen molar-refractivity contribution in [3.05, 3.63) is 71.3 Å². The number of aliphatic hydroxyl groups is 1. The van der Waals surface area contributed by atoms with Crippen molar-refractivity contribution >= 4 is 11.8 Å². The molecule has 0 fully saturated rings. The molecule has 0 aromatic heterocycles. The minimum absolute atomic E-state index is 0.289. The van der Waals surface area contributed by atoms with Crippen LogP contribution in [0, 0.1) is 0 Å². The number of hydrogen-bond acceptors (Lipinski definition) is 4. The lowest BCUT2D eigenvalue weighted by Crippen LogP contribution is -2.50. The number of nitrogens with two attached hydrogens (primary N) is 2. The zero-order chi connectivity index (χ0) is 17.5. The van der Waals surface area contributed by atoms with Gasteiger partial charge >= 0.3 is 0 Å². The summed E-state index contributed by atoms with van der Waals surface area (Å²) in [4.78, 5) is 23.7. The van der Waals surface area contributed by atoms with E-state index < -0.39 is 18.1 Å². The third kappa shape index (κ3) is 4.65. The maximum absolute atomic E-state index is 12.4. The van der Waals surface area contributed by atoms with Gasteiger partial charge in [0.15, 0.2) is 6.10 Å². The van der Waals surface area contributed by atoms with Gasteiger partial charge in [-0.2, -0.15) is 0 Å². The van der Waals surface area contributed by atoms with Crippen LogP contribution < -0.4 is 16.8 Å². The third-order valence-electron chi connectivity index (χ3n) is 3.74. The van der Waals surface area contributed by atoms with Gasteiger partial charge in [0.2, 0.25) is 5.91 Å². The molecule has 0 heterocycles. The number of primary amides is 1. The maximum Gasteiger partial charge on any atom is 0.251 e. The number of carbonyl (C=O) groups is 2. The molecule has 0 radical (unpaired) electrons. The molecule has 2 atom stereocenters. The van der Waals surface area contributed by atoms with Crippen LogP contribution in [0.3, 0.4) is 0 Å². The summed E-state index contributed by atoms with van der Waals surface area (Å²) < 4.78 is 0. The highest BCUT2D eigenvalue weighted by atomic mass is 16.3. The first kappa shape index (κ1) is 17.7. The van der Waals surface area contributed by atoms with Gasteiger partial charge in [0, 0.05) is 12.1 Å². The predicted molar refractivity (Wildman–Crippen MR) is 90.9 cm³/mol. The number of rotatable bonds is 7. The van der Waals surface area contributed by atoms with E-state index in [4.69, 9.17) is 11.5 Å². The molecule has 1 unspecified atom stereocenters. The standard InChI is InChI=1S/C18H21N3O3/c19-11-13-6-8-14(9-7-13)18(24)21-15(16(22)17(20)23)10-12-4-2-1-3-5-12/h1-9,15-16,22H,10-11,19H2,(H2,20,23)(H,21,24)/t15-,16?/m0/s1. The molecule has 2 aromatic carbocycles. The lowest BCUT2D eigenvalue weighted by atomic mass is 10.00. The molecule has 0 spiro atoms. The molecular formula is C18H21N3O3. The average molecular weight is 327 g/mol. The minimum Gasteiger partial charge on any atom is -0.381 e. The highest BCUT2D eigenvalue weighted by molar-refractivity contribution is 5.95. The predicted octanol–water partition coefficient (Wildman–Crippen LogP) is 0.333. The van der Waals surface area contributed by atoms with Crippen LogP contribution in [0.4, 0.5) is 0 Å². The Morgan fingerprint density at radius 1 is 1.00 bits per heavy atom. The van der Waals surface area contributed by atoms with Crippen molar-refractivity contribution < 1.29 is 14.7 Å². The van der Waals surface area contributed by atoms with Crippen LogP contribution in [0.15, 0.2) is 54.6 Å². The van der Waals surface area contributed by atoms with E-state index in [0.717, 1.165) is 11.1 Å². The molecule has 126 valence electrons. The second-order valence-electron chi connectivity index (χ2n) is 5.52. The lowest BCUT2D eigenvalue weighted by Gasteiger charge is -2.22. The van der Waals surface area contributed by atoms with E-state index in [2.05, 4.69) is 5.32 Å². The van der Waals surface area contributed by atoms with E-state index in [1.54, 1.807) is 24.3 Å². The monoisotopic (exact) mass is 327 g/mol. The summed E-state index contributed by atoms with van der Waals surface area (Å²) in [5.41, 5.74) is 12.9. The van der Waals surface area contributed by atoms with Crippen LogP contribution in [0.1, 0.15) is 21.5 Å². The Kier molecular flexibility index (Phi) is 6.06. The molecule has 0 aliphatic rings. The lowest BCUT2D eigenvalue weighted by molar-refractivity contribution is -0.127. The second kappa shape index (κ2) is 8.24. The van der Waals surface area contributed by atoms with Crippen LogP contribution in [-0.2, 0) is 17.8 Å². The van der Waals surface area contributed by atoms with Crippen LogP contribution in [0.25, 0.3) is 0 Å². The van der Waals surface area contributed by atoms with E-state index in [1.807, 2.05) is 30.3 Å². The molecule has 0 saturated heterocycles. The molecule has 2 rings (SSSR count). The highest BCUT2D eigenvalue weighted by Gasteiger charge is 2.26. The molecule has 0 saturated carbocycles. The SMILES string of the molecule is NCc1ccc(C(=O)N[C@@H](Cc2ccccc2)C(O)C(N)=O)cc1. The van der Waals surface area contributed by atoms with Crippen molar-refractivity contribution in [3.63, 3.8) is 0 Å². The van der Waals surface area contributed by atoms with Crippen molar-refractivity contribution in [1.82, 2.24) is 5.32 Å². The first-order valence-corrected chi connectivity index (χ1v) is 7.62. The molecule has 6 nitrogen and oxygen atoms in total. The van der Waals surface area contributed by atoms with Gasteiger partial charge in [-0.25, -0.2) is 0 Å². The van der Waals surface area contributed by atoms with Crippen molar-refractivity contribution in [3.8, 4) is 0 Å². The number of hydrogen-bond donors (Lipinski definition) is 4. The zero-order valence-corrected chi connectivity index (χ0v) is 13.2. The van der Waals surface area contributed by atoms with Crippen LogP contribution in [0.5, 0.6) is 0 Å². The molecule has 2 aromatic rings. The van der Waals surface area contributed by atoms with E-state index in [0.29, 0.717) is 12.1 Å². The summed E-state index contributed by atoms with van der Waals surface area (Å²) in [6.45, 7) is 0.388. The molecule has 0 bridgehead atoms. The molecule has 6 N–H and O–H groups in total. The van der Waals surface area contributed by atoms with Crippen molar-refractivity contribution in [1.29, 1.82) is 0 Å². The highest BCUT2D eigenvalue weighted by Crippen LogP contribution is 2.09. The molecule has 6 heteroatoms. The van der Waals surface area contributed by atoms with Gasteiger partial charge in [-0.05, 0) is 29.7 Å². The fraction of sp³-hybridized carbons (Fsp3) is 0.222. The maximum atomic E-state index is 12.4. The first-order chi connectivity index (χ1) is 11.5. The summed E-state index contributed by atoms with van der Waals surface area (Å²) in [7, 11) is 0.